The summed E-state index contributed by atoms with van der Waals surface area (Å²) < 4.78 is 50.1. The smallest absolute Gasteiger partial charge is 0.416 e. The van der Waals surface area contributed by atoms with Crippen LogP contribution in [0.5, 0.6) is 11.5 Å². The monoisotopic (exact) mass is 518 g/mol. The maximum atomic E-state index is 12.9. The molecule has 200 valence electrons. The number of benzene rings is 2. The molecule has 1 N–H and O–H groups in total. The molecule has 0 saturated carbocycles. The Morgan fingerprint density at radius 1 is 1.11 bits per heavy atom. The zero-order valence-electron chi connectivity index (χ0n) is 21.0. The summed E-state index contributed by atoms with van der Waals surface area (Å²) in [6.07, 6.45) is 0.173. The Morgan fingerprint density at radius 3 is 2.62 bits per heavy atom. The number of piperidine rings is 1. The Hall–Kier alpha value is -3.23. The first kappa shape index (κ1) is 26.8. The summed E-state index contributed by atoms with van der Waals surface area (Å²) in [7, 11) is 0. The number of hydrogen-bond acceptors (Lipinski definition) is 4. The molecule has 1 fully saturated rings. The van der Waals surface area contributed by atoms with Gasteiger partial charge in [-0.2, -0.15) is 13.2 Å². The highest BCUT2D eigenvalue weighted by Gasteiger charge is 2.37. The fourth-order valence-corrected chi connectivity index (χ4v) is 5.05. The molecule has 4 rings (SSSR count). The second-order valence-electron chi connectivity index (χ2n) is 9.99. The minimum atomic E-state index is -4.47. The van der Waals surface area contributed by atoms with E-state index in [4.69, 9.17) is 9.47 Å². The number of carbonyl (C=O) groups is 2. The maximum Gasteiger partial charge on any atom is 0.416 e. The van der Waals surface area contributed by atoms with E-state index in [1.165, 1.54) is 12.1 Å². The molecular weight excluding hydrogens is 485 g/mol. The molecule has 2 aliphatic rings. The van der Waals surface area contributed by atoms with Gasteiger partial charge in [-0.3, -0.25) is 9.59 Å². The van der Waals surface area contributed by atoms with Crippen molar-refractivity contribution in [3.8, 4) is 11.5 Å². The van der Waals surface area contributed by atoms with Gasteiger partial charge in [0.05, 0.1) is 5.56 Å². The van der Waals surface area contributed by atoms with Gasteiger partial charge in [0.25, 0.3) is 11.8 Å². The van der Waals surface area contributed by atoms with E-state index in [1.807, 2.05) is 24.3 Å². The van der Waals surface area contributed by atoms with E-state index < -0.39 is 17.8 Å². The van der Waals surface area contributed by atoms with Gasteiger partial charge in [0, 0.05) is 19.6 Å². The second kappa shape index (κ2) is 11.4. The van der Waals surface area contributed by atoms with E-state index in [2.05, 4.69) is 5.32 Å². The number of likely N-dealkylation sites (tertiary alicyclic amines) is 1. The number of rotatable bonds is 3. The van der Waals surface area contributed by atoms with Crippen LogP contribution >= 0.6 is 0 Å². The molecule has 2 aromatic rings. The van der Waals surface area contributed by atoms with E-state index in [-0.39, 0.29) is 29.6 Å². The number of hydrogen-bond donors (Lipinski definition) is 1. The first-order chi connectivity index (χ1) is 17.7. The zero-order chi connectivity index (χ0) is 26.5. The number of fused-ring (bicyclic) bond motifs is 1. The van der Waals surface area contributed by atoms with Crippen LogP contribution in [0.4, 0.5) is 13.2 Å². The van der Waals surface area contributed by atoms with Crippen molar-refractivity contribution in [2.45, 2.75) is 57.7 Å². The summed E-state index contributed by atoms with van der Waals surface area (Å²) in [4.78, 5) is 27.2. The predicted molar refractivity (Wildman–Crippen MR) is 132 cm³/mol. The Labute approximate surface area is 215 Å². The fourth-order valence-electron chi connectivity index (χ4n) is 5.05. The lowest BCUT2D eigenvalue weighted by Gasteiger charge is -2.42. The van der Waals surface area contributed by atoms with Gasteiger partial charge in [-0.25, -0.2) is 0 Å². The summed E-state index contributed by atoms with van der Waals surface area (Å²) in [5.41, 5.74) is 0.162. The lowest BCUT2D eigenvalue weighted by atomic mass is 9.74. The predicted octanol–water partition coefficient (Wildman–Crippen LogP) is 5.00. The summed E-state index contributed by atoms with van der Waals surface area (Å²) in [5, 5.41) is 3.07. The Kier molecular flexibility index (Phi) is 8.29. The third kappa shape index (κ3) is 6.96. The number of nitrogens with zero attached hydrogens (tertiary/aromatic N) is 1. The molecule has 2 heterocycles. The van der Waals surface area contributed by atoms with Crippen molar-refractivity contribution in [1.29, 1.82) is 0 Å². The van der Waals surface area contributed by atoms with Crippen LogP contribution in [-0.4, -0.2) is 49.1 Å². The number of carbonyl (C=O) groups excluding carboxylic acids is 2. The van der Waals surface area contributed by atoms with E-state index >= 15 is 0 Å². The molecule has 1 atom stereocenters. The standard InChI is InChI=1S/C28H33F3N2O4/c1-20-26(35)32-19-27(12-5-4-8-21-7-2-3-11-24(21)37-20)13-15-33(16-14-27)25(34)18-36-23-10-6-9-22(17-23)28(29,30)31/h2-3,6-7,9-11,17,20H,4-5,8,12-16,18-19H2,1H3,(H,32,35)/t20-/m1/s1. The Bertz CT molecular complexity index is 1100. The average molecular weight is 519 g/mol. The summed E-state index contributed by atoms with van der Waals surface area (Å²) in [6, 6.07) is 12.3. The topological polar surface area (TPSA) is 67.9 Å². The molecule has 1 spiro atoms. The Morgan fingerprint density at radius 2 is 1.86 bits per heavy atom. The van der Waals surface area contributed by atoms with Crippen LogP contribution in [0.15, 0.2) is 48.5 Å². The van der Waals surface area contributed by atoms with Crippen LogP contribution < -0.4 is 14.8 Å². The third-order valence-corrected chi connectivity index (χ3v) is 7.39. The minimum Gasteiger partial charge on any atom is -0.484 e. The van der Waals surface area contributed by atoms with Gasteiger partial charge in [-0.1, -0.05) is 30.7 Å². The number of amides is 2. The van der Waals surface area contributed by atoms with Gasteiger partial charge in [0.2, 0.25) is 0 Å². The largest absolute Gasteiger partial charge is 0.484 e. The SMILES string of the molecule is C[C@H]1Oc2ccccc2CCCCC2(CCN(C(=O)COc3cccc(C(F)(F)F)c3)CC2)CNC1=O. The van der Waals surface area contributed by atoms with Gasteiger partial charge in [0.15, 0.2) is 12.7 Å². The minimum absolute atomic E-state index is 0.0107. The first-order valence-corrected chi connectivity index (χ1v) is 12.8. The van der Waals surface area contributed by atoms with Crippen molar-refractivity contribution in [2.75, 3.05) is 26.2 Å². The quantitative estimate of drug-likeness (QED) is 0.621. The summed E-state index contributed by atoms with van der Waals surface area (Å²) in [6.45, 7) is 2.96. The normalized spacial score (nSPS) is 20.6. The van der Waals surface area contributed by atoms with Crippen molar-refractivity contribution in [3.63, 3.8) is 0 Å². The van der Waals surface area contributed by atoms with Crippen molar-refractivity contribution >= 4 is 11.8 Å². The van der Waals surface area contributed by atoms with Gasteiger partial charge < -0.3 is 19.7 Å². The highest BCUT2D eigenvalue weighted by atomic mass is 19.4. The molecule has 0 radical (unpaired) electrons. The second-order valence-corrected chi connectivity index (χ2v) is 9.99. The summed E-state index contributed by atoms with van der Waals surface area (Å²) >= 11 is 0. The van der Waals surface area contributed by atoms with Crippen LogP contribution in [0.1, 0.15) is 50.2 Å². The molecule has 1 saturated heterocycles. The Balaban J connectivity index is 1.34. The number of ether oxygens (including phenoxy) is 2. The number of alkyl halides is 3. The first-order valence-electron chi connectivity index (χ1n) is 12.8. The molecule has 0 unspecified atom stereocenters. The van der Waals surface area contributed by atoms with E-state index in [0.29, 0.717) is 19.6 Å². The highest BCUT2D eigenvalue weighted by Crippen LogP contribution is 2.37. The molecule has 0 aromatic heterocycles. The number of nitrogens with one attached hydrogen (secondary N) is 1. The van der Waals surface area contributed by atoms with Crippen molar-refractivity contribution in [1.82, 2.24) is 10.2 Å². The van der Waals surface area contributed by atoms with E-state index in [9.17, 15) is 22.8 Å². The van der Waals surface area contributed by atoms with Gasteiger partial charge >= 0.3 is 6.18 Å². The van der Waals surface area contributed by atoms with Crippen molar-refractivity contribution in [3.05, 3.63) is 59.7 Å². The van der Waals surface area contributed by atoms with Crippen molar-refractivity contribution in [2.24, 2.45) is 5.41 Å². The number of para-hydroxylation sites is 1. The van der Waals surface area contributed by atoms with E-state index in [1.54, 1.807) is 11.8 Å². The zero-order valence-corrected chi connectivity index (χ0v) is 21.0. The fraction of sp³-hybridized carbons (Fsp3) is 0.500. The van der Waals surface area contributed by atoms with Crippen LogP contribution in [0.2, 0.25) is 0 Å². The van der Waals surface area contributed by atoms with Crippen LogP contribution in [0, 0.1) is 5.41 Å². The molecule has 2 amide bonds. The maximum absolute atomic E-state index is 12.9. The van der Waals surface area contributed by atoms with Crippen molar-refractivity contribution < 1.29 is 32.2 Å². The van der Waals surface area contributed by atoms with Crippen LogP contribution in [0.25, 0.3) is 0 Å². The van der Waals surface area contributed by atoms with Crippen LogP contribution in [-0.2, 0) is 22.2 Å². The lowest BCUT2D eigenvalue weighted by molar-refractivity contribution is -0.137. The summed E-state index contributed by atoms with van der Waals surface area (Å²) in [5.74, 6) is 0.335. The third-order valence-electron chi connectivity index (χ3n) is 7.39. The van der Waals surface area contributed by atoms with Gasteiger partial charge in [-0.05, 0) is 74.3 Å². The lowest BCUT2D eigenvalue weighted by Crippen LogP contribution is -2.50. The number of aryl methyl sites for hydroxylation is 1. The molecule has 9 heteroatoms. The molecule has 0 aliphatic carbocycles. The van der Waals surface area contributed by atoms with Crippen LogP contribution in [0.3, 0.4) is 0 Å². The van der Waals surface area contributed by atoms with E-state index in [0.717, 1.165) is 62.0 Å². The van der Waals surface area contributed by atoms with Gasteiger partial charge in [-0.15, -0.1) is 0 Å². The van der Waals surface area contributed by atoms with Gasteiger partial charge in [0.1, 0.15) is 11.5 Å². The molecular formula is C28H33F3N2O4. The average Bonchev–Trinajstić information content (AvgIpc) is 2.89. The molecule has 37 heavy (non-hydrogen) atoms. The molecule has 2 aromatic carbocycles. The molecule has 6 nitrogen and oxygen atoms in total. The molecule has 2 aliphatic heterocycles. The highest BCUT2D eigenvalue weighted by molar-refractivity contribution is 5.81. The molecule has 0 bridgehead atoms. The number of halogens is 3.